The minimum Gasteiger partial charge on any atom is -0.355 e. The fraction of sp³-hybridized carbons (Fsp3) is 0.0500. The van der Waals surface area contributed by atoms with Gasteiger partial charge in [0.15, 0.2) is 17.3 Å². The molecule has 4 rings (SSSR count). The van der Waals surface area contributed by atoms with Gasteiger partial charge in [0.1, 0.15) is 10.8 Å². The Morgan fingerprint density at radius 3 is 2.67 bits per heavy atom. The quantitative estimate of drug-likeness (QED) is 0.396. The van der Waals surface area contributed by atoms with Crippen LogP contribution in [0.2, 0.25) is 15.1 Å². The highest BCUT2D eigenvalue weighted by Gasteiger charge is 2.18. The van der Waals surface area contributed by atoms with Gasteiger partial charge >= 0.3 is 0 Å². The van der Waals surface area contributed by atoms with E-state index in [9.17, 15) is 9.18 Å². The molecule has 1 amide bonds. The number of rotatable bonds is 5. The van der Waals surface area contributed by atoms with Crippen LogP contribution < -0.4 is 5.32 Å². The lowest BCUT2D eigenvalue weighted by Gasteiger charge is -2.03. The summed E-state index contributed by atoms with van der Waals surface area (Å²) in [6.07, 6.45) is 1.49. The Kier molecular flexibility index (Phi) is 5.76. The van der Waals surface area contributed by atoms with Gasteiger partial charge in [-0.25, -0.2) is 4.39 Å². The number of hydrogen-bond acceptors (Lipinski definition) is 4. The van der Waals surface area contributed by atoms with E-state index in [-0.39, 0.29) is 28.9 Å². The first-order chi connectivity index (χ1) is 14.4. The minimum absolute atomic E-state index is 0.00994. The average molecular weight is 466 g/mol. The summed E-state index contributed by atoms with van der Waals surface area (Å²) in [6.45, 7) is 0.158. The first-order valence-electron chi connectivity index (χ1n) is 8.60. The highest BCUT2D eigenvalue weighted by Crippen LogP contribution is 2.31. The molecule has 0 radical (unpaired) electrons. The Bertz CT molecular complexity index is 1240. The van der Waals surface area contributed by atoms with Crippen molar-refractivity contribution in [3.8, 4) is 11.3 Å². The first kappa shape index (κ1) is 20.4. The topological polar surface area (TPSA) is 73.0 Å². The van der Waals surface area contributed by atoms with Crippen molar-refractivity contribution in [3.63, 3.8) is 0 Å². The molecule has 0 saturated carbocycles. The molecule has 0 saturated heterocycles. The Hall–Kier alpha value is -2.87. The molecule has 152 valence electrons. The Balaban J connectivity index is 1.50. The number of nitrogens with zero attached hydrogens (tertiary/aromatic N) is 3. The van der Waals surface area contributed by atoms with Crippen LogP contribution in [0.1, 0.15) is 16.1 Å². The van der Waals surface area contributed by atoms with E-state index in [1.807, 2.05) is 0 Å². The minimum atomic E-state index is -0.576. The molecule has 4 aromatic rings. The van der Waals surface area contributed by atoms with Gasteiger partial charge in [-0.2, -0.15) is 5.10 Å². The molecule has 2 heterocycles. The number of carbonyl (C=O) groups is 1. The van der Waals surface area contributed by atoms with E-state index in [0.717, 1.165) is 0 Å². The van der Waals surface area contributed by atoms with Gasteiger partial charge in [0, 0.05) is 28.4 Å². The third-order valence-electron chi connectivity index (χ3n) is 4.18. The Labute approximate surface area is 185 Å². The van der Waals surface area contributed by atoms with Gasteiger partial charge < -0.3 is 9.84 Å². The summed E-state index contributed by atoms with van der Waals surface area (Å²) in [4.78, 5) is 12.5. The third kappa shape index (κ3) is 4.33. The molecule has 0 aliphatic rings. The van der Waals surface area contributed by atoms with Gasteiger partial charge in [-0.15, -0.1) is 0 Å². The molecular weight excluding hydrogens is 454 g/mol. The number of nitrogens with one attached hydrogen (secondary N) is 1. The fourth-order valence-corrected chi connectivity index (χ4v) is 3.43. The predicted octanol–water partition coefficient (Wildman–Crippen LogP) is 5.94. The maximum Gasteiger partial charge on any atom is 0.279 e. The van der Waals surface area contributed by atoms with E-state index < -0.39 is 5.91 Å². The van der Waals surface area contributed by atoms with Crippen LogP contribution in [0.4, 0.5) is 10.2 Å². The van der Waals surface area contributed by atoms with Crippen molar-refractivity contribution in [1.82, 2.24) is 14.9 Å². The van der Waals surface area contributed by atoms with E-state index in [1.165, 1.54) is 23.0 Å². The van der Waals surface area contributed by atoms with E-state index in [4.69, 9.17) is 39.3 Å². The first-order valence-corrected chi connectivity index (χ1v) is 9.74. The van der Waals surface area contributed by atoms with E-state index in [2.05, 4.69) is 15.6 Å². The van der Waals surface area contributed by atoms with Crippen LogP contribution in [0.3, 0.4) is 0 Å². The summed E-state index contributed by atoms with van der Waals surface area (Å²) >= 11 is 18.2. The maximum absolute atomic E-state index is 13.8. The van der Waals surface area contributed by atoms with Crippen molar-refractivity contribution in [1.29, 1.82) is 0 Å². The second-order valence-electron chi connectivity index (χ2n) is 6.27. The normalized spacial score (nSPS) is 10.9. The molecule has 0 aliphatic heterocycles. The smallest absolute Gasteiger partial charge is 0.279 e. The van der Waals surface area contributed by atoms with Gasteiger partial charge in [-0.3, -0.25) is 9.48 Å². The lowest BCUT2D eigenvalue weighted by molar-refractivity contribution is 0.101. The third-order valence-corrected chi connectivity index (χ3v) is 5.00. The van der Waals surface area contributed by atoms with E-state index in [0.29, 0.717) is 26.9 Å². The molecule has 10 heteroatoms. The molecule has 6 nitrogen and oxygen atoms in total. The van der Waals surface area contributed by atoms with Crippen molar-refractivity contribution < 1.29 is 13.7 Å². The summed E-state index contributed by atoms with van der Waals surface area (Å²) in [7, 11) is 0. The second kappa shape index (κ2) is 8.47. The van der Waals surface area contributed by atoms with Gasteiger partial charge in [0.2, 0.25) is 0 Å². The number of carbonyl (C=O) groups excluding carboxylic acids is 1. The summed E-state index contributed by atoms with van der Waals surface area (Å²) in [6, 6.07) is 12.6. The van der Waals surface area contributed by atoms with E-state index in [1.54, 1.807) is 36.4 Å². The summed E-state index contributed by atoms with van der Waals surface area (Å²) in [5.74, 6) is -0.510. The van der Waals surface area contributed by atoms with Gasteiger partial charge in [0.25, 0.3) is 5.91 Å². The lowest BCUT2D eigenvalue weighted by atomic mass is 10.1. The number of amides is 1. The van der Waals surface area contributed by atoms with Crippen molar-refractivity contribution in [2.45, 2.75) is 6.54 Å². The molecule has 0 atom stereocenters. The number of aromatic nitrogens is 3. The van der Waals surface area contributed by atoms with Crippen molar-refractivity contribution in [2.75, 3.05) is 5.32 Å². The van der Waals surface area contributed by atoms with Crippen LogP contribution >= 0.6 is 34.8 Å². The highest BCUT2D eigenvalue weighted by atomic mass is 35.5. The monoisotopic (exact) mass is 464 g/mol. The molecule has 0 unspecified atom stereocenters. The number of anilines is 1. The number of benzene rings is 2. The Morgan fingerprint density at radius 1 is 1.10 bits per heavy atom. The zero-order chi connectivity index (χ0) is 21.3. The van der Waals surface area contributed by atoms with Crippen LogP contribution in [-0.4, -0.2) is 20.8 Å². The van der Waals surface area contributed by atoms with Crippen LogP contribution in [0.5, 0.6) is 0 Å². The van der Waals surface area contributed by atoms with Crippen LogP contribution in [0.15, 0.2) is 59.3 Å². The molecule has 0 fully saturated rings. The largest absolute Gasteiger partial charge is 0.355 e. The summed E-state index contributed by atoms with van der Waals surface area (Å²) in [5, 5.41) is 11.6. The highest BCUT2D eigenvalue weighted by molar-refractivity contribution is 6.36. The predicted molar refractivity (Wildman–Crippen MR) is 113 cm³/mol. The van der Waals surface area contributed by atoms with Gasteiger partial charge in [-0.1, -0.05) is 58.2 Å². The fourth-order valence-electron chi connectivity index (χ4n) is 2.73. The SMILES string of the molecule is O=C(Nc1nn(Cc2ccccc2F)cc1Cl)c1cc(-c2ccc(Cl)cc2Cl)on1. The van der Waals surface area contributed by atoms with Crippen molar-refractivity contribution in [3.05, 3.63) is 86.9 Å². The van der Waals surface area contributed by atoms with Crippen LogP contribution in [-0.2, 0) is 6.54 Å². The van der Waals surface area contributed by atoms with Gasteiger partial charge in [0.05, 0.1) is 11.6 Å². The summed E-state index contributed by atoms with van der Waals surface area (Å²) < 4.78 is 20.5. The van der Waals surface area contributed by atoms with Crippen molar-refractivity contribution in [2.24, 2.45) is 0 Å². The number of halogens is 4. The second-order valence-corrected chi connectivity index (χ2v) is 7.52. The van der Waals surface area contributed by atoms with Crippen LogP contribution in [0, 0.1) is 5.82 Å². The molecule has 30 heavy (non-hydrogen) atoms. The molecule has 1 N–H and O–H groups in total. The van der Waals surface area contributed by atoms with Gasteiger partial charge in [-0.05, 0) is 24.3 Å². The Morgan fingerprint density at radius 2 is 1.90 bits per heavy atom. The maximum atomic E-state index is 13.8. The molecule has 0 bridgehead atoms. The summed E-state index contributed by atoms with van der Waals surface area (Å²) in [5.41, 5.74) is 0.992. The van der Waals surface area contributed by atoms with Crippen molar-refractivity contribution >= 4 is 46.5 Å². The zero-order valence-corrected chi connectivity index (χ0v) is 17.3. The van der Waals surface area contributed by atoms with E-state index >= 15 is 0 Å². The molecule has 2 aromatic heterocycles. The molecule has 2 aromatic carbocycles. The molecule has 0 aliphatic carbocycles. The number of hydrogen-bond donors (Lipinski definition) is 1. The molecule has 0 spiro atoms. The standard InChI is InChI=1S/C20H12Cl3FN4O2/c21-12-5-6-13(14(22)7-12)18-8-17(27-30-18)20(29)25-19-15(23)10-28(26-19)9-11-3-1-2-4-16(11)24/h1-8,10H,9H2,(H,25,26,29). The average Bonchev–Trinajstić information content (AvgIpc) is 3.31. The molecular formula is C20H12Cl3FN4O2. The van der Waals surface area contributed by atoms with Crippen LogP contribution in [0.25, 0.3) is 11.3 Å². The zero-order valence-electron chi connectivity index (χ0n) is 15.1. The lowest BCUT2D eigenvalue weighted by Crippen LogP contribution is -2.13.